The molecule has 0 spiro atoms. The minimum Gasteiger partial charge on any atom is -0.508 e. The number of aromatic hydroxyl groups is 1. The van der Waals surface area contributed by atoms with E-state index in [-0.39, 0.29) is 23.1 Å². The molecule has 1 heterocycles. The Hall–Kier alpha value is -4.26. The number of nitro groups is 1. The topological polar surface area (TPSA) is 96.0 Å². The first-order chi connectivity index (χ1) is 15.8. The number of aliphatic imine (C=N–C) groups is 1. The molecule has 4 rings (SSSR count). The lowest BCUT2D eigenvalue weighted by Gasteiger charge is -2.25. The molecule has 33 heavy (non-hydrogen) atoms. The van der Waals surface area contributed by atoms with Crippen molar-refractivity contribution in [2.45, 2.75) is 26.7 Å². The summed E-state index contributed by atoms with van der Waals surface area (Å²) in [7, 11) is 0. The fourth-order valence-electron chi connectivity index (χ4n) is 3.85. The van der Waals surface area contributed by atoms with Gasteiger partial charge >= 0.3 is 0 Å². The van der Waals surface area contributed by atoms with E-state index < -0.39 is 10.8 Å². The third-order valence-corrected chi connectivity index (χ3v) is 5.50. The third-order valence-electron chi connectivity index (χ3n) is 5.50. The molecule has 1 N–H and O–H groups in total. The third kappa shape index (κ3) is 4.25. The number of benzene rings is 3. The Morgan fingerprint density at radius 3 is 2.45 bits per heavy atom. The number of carbonyl (C=O) groups excluding carboxylic acids is 1. The summed E-state index contributed by atoms with van der Waals surface area (Å²) in [5.74, 6) is 0.267. The van der Waals surface area contributed by atoms with Crippen LogP contribution in [0.2, 0.25) is 0 Å². The summed E-state index contributed by atoms with van der Waals surface area (Å²) in [4.78, 5) is 29.9. The molecule has 0 saturated heterocycles. The van der Waals surface area contributed by atoms with E-state index >= 15 is 0 Å². The minimum atomic E-state index is -0.471. The largest absolute Gasteiger partial charge is 0.508 e. The molecule has 0 saturated carbocycles. The Kier molecular flexibility index (Phi) is 5.79. The van der Waals surface area contributed by atoms with Crippen molar-refractivity contribution in [1.82, 2.24) is 0 Å². The fourth-order valence-corrected chi connectivity index (χ4v) is 3.85. The van der Waals surface area contributed by atoms with Crippen LogP contribution in [0.5, 0.6) is 5.75 Å². The summed E-state index contributed by atoms with van der Waals surface area (Å²) >= 11 is 0. The van der Waals surface area contributed by atoms with Crippen molar-refractivity contribution in [1.29, 1.82) is 0 Å². The Balaban J connectivity index is 1.93. The van der Waals surface area contributed by atoms with Gasteiger partial charge in [0.1, 0.15) is 17.3 Å². The first kappa shape index (κ1) is 22.0. The van der Waals surface area contributed by atoms with Crippen molar-refractivity contribution in [3.05, 3.63) is 105 Å². The average molecular weight is 441 g/mol. The van der Waals surface area contributed by atoms with Crippen LogP contribution in [0, 0.1) is 17.0 Å². The van der Waals surface area contributed by atoms with Gasteiger partial charge in [-0.2, -0.15) is 4.99 Å². The maximum Gasteiger partial charge on any atom is 0.296 e. The molecule has 1 amide bonds. The number of nitrogens with zero attached hydrogens (tertiary/aromatic N) is 3. The van der Waals surface area contributed by atoms with Gasteiger partial charge in [-0.1, -0.05) is 56.3 Å². The van der Waals surface area contributed by atoms with Crippen molar-refractivity contribution in [3.63, 3.8) is 0 Å². The molecule has 0 atom stereocenters. The van der Waals surface area contributed by atoms with E-state index in [0.29, 0.717) is 17.1 Å². The van der Waals surface area contributed by atoms with Gasteiger partial charge in [0.2, 0.25) is 0 Å². The maximum atomic E-state index is 13.1. The lowest BCUT2D eigenvalue weighted by molar-refractivity contribution is -0.384. The molecule has 7 nitrogen and oxygen atoms in total. The van der Waals surface area contributed by atoms with Crippen molar-refractivity contribution < 1.29 is 14.8 Å². The van der Waals surface area contributed by atoms with Crippen LogP contribution in [0.15, 0.2) is 77.4 Å². The van der Waals surface area contributed by atoms with Gasteiger partial charge in [0.05, 0.1) is 10.6 Å². The van der Waals surface area contributed by atoms with Gasteiger partial charge < -0.3 is 5.11 Å². The van der Waals surface area contributed by atoms with E-state index in [4.69, 9.17) is 0 Å². The van der Waals surface area contributed by atoms with Gasteiger partial charge in [-0.3, -0.25) is 19.8 Å². The summed E-state index contributed by atoms with van der Waals surface area (Å²) in [5, 5.41) is 21.7. The highest BCUT2D eigenvalue weighted by Gasteiger charge is 2.33. The van der Waals surface area contributed by atoms with Crippen LogP contribution in [-0.4, -0.2) is 21.8 Å². The molecule has 0 radical (unpaired) electrons. The molecule has 0 aromatic heterocycles. The molecule has 166 valence electrons. The predicted octanol–water partition coefficient (Wildman–Crippen LogP) is 5.57. The van der Waals surface area contributed by atoms with Crippen LogP contribution in [-0.2, 0) is 4.79 Å². The number of hydrogen-bond donors (Lipinski definition) is 1. The number of anilines is 1. The van der Waals surface area contributed by atoms with Gasteiger partial charge in [-0.15, -0.1) is 0 Å². The van der Waals surface area contributed by atoms with E-state index in [0.717, 1.165) is 16.7 Å². The summed E-state index contributed by atoms with van der Waals surface area (Å²) in [6, 6.07) is 19.0. The summed E-state index contributed by atoms with van der Waals surface area (Å²) in [6.45, 7) is 5.82. The number of amides is 1. The highest BCUT2D eigenvalue weighted by molar-refractivity contribution is 6.28. The summed E-state index contributed by atoms with van der Waals surface area (Å²) in [5.41, 5.74) is 3.71. The molecule has 0 fully saturated rings. The van der Waals surface area contributed by atoms with Crippen LogP contribution in [0.4, 0.5) is 11.4 Å². The van der Waals surface area contributed by atoms with Gasteiger partial charge in [0, 0.05) is 17.7 Å². The molecular formula is C26H23N3O4. The van der Waals surface area contributed by atoms with Crippen LogP contribution >= 0.6 is 0 Å². The van der Waals surface area contributed by atoms with Gasteiger partial charge in [-0.25, -0.2) is 0 Å². The van der Waals surface area contributed by atoms with E-state index in [1.807, 2.05) is 57.2 Å². The number of aryl methyl sites for hydroxylation is 1. The first-order valence-corrected chi connectivity index (χ1v) is 10.5. The fraction of sp³-hybridized carbons (Fsp3) is 0.154. The second-order valence-corrected chi connectivity index (χ2v) is 8.18. The van der Waals surface area contributed by atoms with E-state index in [2.05, 4.69) is 4.99 Å². The summed E-state index contributed by atoms with van der Waals surface area (Å²) in [6.07, 6.45) is 1.61. The van der Waals surface area contributed by atoms with Crippen LogP contribution in [0.3, 0.4) is 0 Å². The number of hydrogen-bond acceptors (Lipinski definition) is 5. The van der Waals surface area contributed by atoms with E-state index in [9.17, 15) is 20.0 Å². The molecule has 1 aliphatic rings. The van der Waals surface area contributed by atoms with Gasteiger partial charge in [-0.05, 0) is 47.7 Å². The van der Waals surface area contributed by atoms with Gasteiger partial charge in [0.15, 0.2) is 0 Å². The molecule has 0 aliphatic carbocycles. The second kappa shape index (κ2) is 8.70. The Labute approximate surface area is 191 Å². The molecule has 0 unspecified atom stereocenters. The van der Waals surface area contributed by atoms with E-state index in [1.165, 1.54) is 12.1 Å². The summed E-state index contributed by atoms with van der Waals surface area (Å²) < 4.78 is 0. The quantitative estimate of drug-likeness (QED) is 0.317. The molecule has 3 aromatic carbocycles. The van der Waals surface area contributed by atoms with Crippen LogP contribution in [0.1, 0.15) is 42.0 Å². The standard InChI is InChI=1S/C26H23N3O4/c1-16(2)21-15-22(17(3)12-24(21)30)28-23(14-18-8-7-11-20(13-18)29(32)33)26(31)27-25(28)19-9-5-4-6-10-19/h4-16,30H,1-3H3. The molecule has 0 bridgehead atoms. The smallest absolute Gasteiger partial charge is 0.296 e. The monoisotopic (exact) mass is 441 g/mol. The predicted molar refractivity (Wildman–Crippen MR) is 128 cm³/mol. The second-order valence-electron chi connectivity index (χ2n) is 8.18. The number of amidine groups is 1. The molecule has 3 aromatic rings. The van der Waals surface area contributed by atoms with Crippen molar-refractivity contribution in [2.75, 3.05) is 4.90 Å². The number of phenols is 1. The number of nitro benzene ring substituents is 1. The highest BCUT2D eigenvalue weighted by atomic mass is 16.6. The van der Waals surface area contributed by atoms with Crippen molar-refractivity contribution in [3.8, 4) is 5.75 Å². The number of non-ortho nitro benzene ring substituents is 1. The van der Waals surface area contributed by atoms with E-state index in [1.54, 1.807) is 29.2 Å². The zero-order chi connectivity index (χ0) is 23.7. The lowest BCUT2D eigenvalue weighted by Crippen LogP contribution is -2.28. The Morgan fingerprint density at radius 1 is 1.06 bits per heavy atom. The minimum absolute atomic E-state index is 0.0592. The Morgan fingerprint density at radius 2 is 1.79 bits per heavy atom. The van der Waals surface area contributed by atoms with Crippen LogP contribution in [0.25, 0.3) is 6.08 Å². The van der Waals surface area contributed by atoms with Crippen molar-refractivity contribution >= 4 is 29.2 Å². The Bertz CT molecular complexity index is 1310. The zero-order valence-electron chi connectivity index (χ0n) is 18.5. The maximum absolute atomic E-state index is 13.1. The van der Waals surface area contributed by atoms with Crippen LogP contribution < -0.4 is 4.90 Å². The zero-order valence-corrected chi connectivity index (χ0v) is 18.5. The van der Waals surface area contributed by atoms with Crippen molar-refractivity contribution in [2.24, 2.45) is 4.99 Å². The first-order valence-electron chi connectivity index (χ1n) is 10.5. The number of rotatable bonds is 5. The highest BCUT2D eigenvalue weighted by Crippen LogP contribution is 2.37. The number of carbonyl (C=O) groups is 1. The van der Waals surface area contributed by atoms with Gasteiger partial charge in [0.25, 0.3) is 11.6 Å². The normalized spacial score (nSPS) is 14.8. The molecular weight excluding hydrogens is 418 g/mol. The number of phenolic OH excluding ortho intramolecular Hbond substituents is 1. The average Bonchev–Trinajstić information content (AvgIpc) is 3.10. The molecule has 1 aliphatic heterocycles. The molecule has 7 heteroatoms. The lowest BCUT2D eigenvalue weighted by atomic mass is 9.98. The SMILES string of the molecule is Cc1cc(O)c(C(C)C)cc1N1C(=Cc2cccc([N+](=O)[O-])c2)C(=O)N=C1c1ccccc1.